The van der Waals surface area contributed by atoms with Crippen molar-refractivity contribution in [2.75, 3.05) is 32.7 Å². The number of hydrogen-bond donors (Lipinski definition) is 1. The van der Waals surface area contributed by atoms with Crippen LogP contribution in [0.2, 0.25) is 0 Å². The summed E-state index contributed by atoms with van der Waals surface area (Å²) in [5.74, 6) is 0. The first-order valence-corrected chi connectivity index (χ1v) is 6.38. The van der Waals surface area contributed by atoms with E-state index in [0.717, 1.165) is 26.2 Å². The summed E-state index contributed by atoms with van der Waals surface area (Å²) in [5, 5.41) is 3.43. The molecule has 0 bridgehead atoms. The second-order valence-electron chi connectivity index (χ2n) is 4.19. The van der Waals surface area contributed by atoms with Gasteiger partial charge in [-0.1, -0.05) is 11.8 Å². The normalized spacial score (nSPS) is 29.9. The van der Waals surface area contributed by atoms with Gasteiger partial charge in [0, 0.05) is 37.9 Å². The van der Waals surface area contributed by atoms with E-state index in [4.69, 9.17) is 5.73 Å². The predicted octanol–water partition coefficient (Wildman–Crippen LogP) is 0.279. The molecule has 0 aromatic heterocycles. The number of rotatable bonds is 3. The van der Waals surface area contributed by atoms with Crippen molar-refractivity contribution in [1.82, 2.24) is 9.80 Å². The SMILES string of the molecule is NCC1CCN1CC1=CSC2=NCCN12. The van der Waals surface area contributed by atoms with Crippen LogP contribution in [0.4, 0.5) is 0 Å². The van der Waals surface area contributed by atoms with E-state index in [0.29, 0.717) is 6.04 Å². The first-order chi connectivity index (χ1) is 7.38. The molecule has 4 nitrogen and oxygen atoms in total. The molecule has 1 saturated heterocycles. The van der Waals surface area contributed by atoms with Crippen molar-refractivity contribution in [3.8, 4) is 0 Å². The zero-order valence-corrected chi connectivity index (χ0v) is 9.54. The van der Waals surface area contributed by atoms with Gasteiger partial charge in [0.1, 0.15) is 0 Å². The molecular weight excluding hydrogens is 208 g/mol. The van der Waals surface area contributed by atoms with E-state index in [9.17, 15) is 0 Å². The van der Waals surface area contributed by atoms with E-state index in [1.54, 1.807) is 11.8 Å². The van der Waals surface area contributed by atoms with Crippen molar-refractivity contribution in [1.29, 1.82) is 0 Å². The summed E-state index contributed by atoms with van der Waals surface area (Å²) in [6.45, 7) is 5.06. The Morgan fingerprint density at radius 2 is 2.47 bits per heavy atom. The van der Waals surface area contributed by atoms with Gasteiger partial charge in [-0.2, -0.15) is 0 Å². The Bertz CT molecular complexity index is 323. The molecule has 3 aliphatic rings. The fourth-order valence-corrected chi connectivity index (χ4v) is 3.22. The number of nitrogens with zero attached hydrogens (tertiary/aromatic N) is 3. The van der Waals surface area contributed by atoms with Crippen LogP contribution in [0.1, 0.15) is 6.42 Å². The van der Waals surface area contributed by atoms with Gasteiger partial charge in [-0.25, -0.2) is 0 Å². The van der Waals surface area contributed by atoms with Gasteiger partial charge < -0.3 is 10.6 Å². The van der Waals surface area contributed by atoms with Crippen LogP contribution in [0, 0.1) is 0 Å². The minimum atomic E-state index is 0.611. The van der Waals surface area contributed by atoms with Gasteiger partial charge in [0.15, 0.2) is 5.17 Å². The molecule has 1 unspecified atom stereocenters. The molecule has 0 radical (unpaired) electrons. The summed E-state index contributed by atoms with van der Waals surface area (Å²) in [5.41, 5.74) is 7.11. The van der Waals surface area contributed by atoms with Crippen molar-refractivity contribution in [2.24, 2.45) is 10.7 Å². The Morgan fingerprint density at radius 1 is 1.53 bits per heavy atom. The lowest BCUT2D eigenvalue weighted by molar-refractivity contribution is 0.104. The molecule has 0 aromatic rings. The number of nitrogens with two attached hydrogens (primary N) is 1. The molecule has 3 heterocycles. The lowest BCUT2D eigenvalue weighted by Gasteiger charge is -2.41. The summed E-state index contributed by atoms with van der Waals surface area (Å²) in [6, 6.07) is 0.611. The van der Waals surface area contributed by atoms with Crippen LogP contribution in [0.5, 0.6) is 0 Å². The molecule has 1 atom stereocenters. The van der Waals surface area contributed by atoms with Crippen molar-refractivity contribution in [2.45, 2.75) is 12.5 Å². The van der Waals surface area contributed by atoms with E-state index in [2.05, 4.69) is 20.2 Å². The Kier molecular flexibility index (Phi) is 2.46. The average molecular weight is 224 g/mol. The van der Waals surface area contributed by atoms with Gasteiger partial charge in [0.2, 0.25) is 0 Å². The highest BCUT2D eigenvalue weighted by Gasteiger charge is 2.32. The Morgan fingerprint density at radius 3 is 3.20 bits per heavy atom. The number of fused-ring (bicyclic) bond motifs is 1. The second kappa shape index (κ2) is 3.81. The smallest absolute Gasteiger partial charge is 0.168 e. The highest BCUT2D eigenvalue weighted by Crippen LogP contribution is 2.31. The fourth-order valence-electron chi connectivity index (χ4n) is 2.28. The average Bonchev–Trinajstić information content (AvgIpc) is 2.75. The summed E-state index contributed by atoms with van der Waals surface area (Å²) in [6.07, 6.45) is 1.26. The molecule has 15 heavy (non-hydrogen) atoms. The summed E-state index contributed by atoms with van der Waals surface area (Å²) >= 11 is 1.76. The maximum Gasteiger partial charge on any atom is 0.168 e. The molecule has 82 valence electrons. The maximum atomic E-state index is 5.70. The fraction of sp³-hybridized carbons (Fsp3) is 0.700. The molecule has 1 fully saturated rings. The summed E-state index contributed by atoms with van der Waals surface area (Å²) in [7, 11) is 0. The second-order valence-corrected chi connectivity index (χ2v) is 5.03. The first-order valence-electron chi connectivity index (χ1n) is 5.50. The quantitative estimate of drug-likeness (QED) is 0.748. The van der Waals surface area contributed by atoms with Crippen LogP contribution in [-0.4, -0.2) is 53.7 Å². The number of hydrogen-bond acceptors (Lipinski definition) is 5. The van der Waals surface area contributed by atoms with Crippen molar-refractivity contribution >= 4 is 16.9 Å². The van der Waals surface area contributed by atoms with Crippen molar-refractivity contribution < 1.29 is 0 Å². The predicted molar refractivity (Wildman–Crippen MR) is 63.7 cm³/mol. The highest BCUT2D eigenvalue weighted by molar-refractivity contribution is 8.16. The Hall–Kier alpha value is -0.520. The van der Waals surface area contributed by atoms with Crippen LogP contribution >= 0.6 is 11.8 Å². The maximum absolute atomic E-state index is 5.70. The molecule has 0 aromatic carbocycles. The van der Waals surface area contributed by atoms with E-state index in [-0.39, 0.29) is 0 Å². The van der Waals surface area contributed by atoms with Gasteiger partial charge in [0.05, 0.1) is 6.54 Å². The molecule has 2 N–H and O–H groups in total. The molecule has 5 heteroatoms. The van der Waals surface area contributed by atoms with Crippen LogP contribution in [-0.2, 0) is 0 Å². The topological polar surface area (TPSA) is 44.9 Å². The number of likely N-dealkylation sites (tertiary alicyclic amines) is 1. The van der Waals surface area contributed by atoms with Gasteiger partial charge in [-0.3, -0.25) is 9.89 Å². The van der Waals surface area contributed by atoms with Gasteiger partial charge in [-0.15, -0.1) is 0 Å². The van der Waals surface area contributed by atoms with Crippen LogP contribution in [0.3, 0.4) is 0 Å². The molecule has 3 aliphatic heterocycles. The Labute approximate surface area is 94.2 Å². The number of thioether (sulfide) groups is 1. The minimum Gasteiger partial charge on any atom is -0.329 e. The molecule has 0 spiro atoms. The third-order valence-corrected chi connectivity index (χ3v) is 4.30. The molecular formula is C10H16N4S. The van der Waals surface area contributed by atoms with Gasteiger partial charge in [-0.05, 0) is 11.8 Å². The number of amidine groups is 1. The molecule has 3 rings (SSSR count). The summed E-state index contributed by atoms with van der Waals surface area (Å²) in [4.78, 5) is 9.26. The van der Waals surface area contributed by atoms with Crippen molar-refractivity contribution in [3.63, 3.8) is 0 Å². The van der Waals surface area contributed by atoms with E-state index in [1.807, 2.05) is 0 Å². The Balaban J connectivity index is 1.62. The first kappa shape index (κ1) is 9.69. The van der Waals surface area contributed by atoms with E-state index in [1.165, 1.54) is 23.8 Å². The van der Waals surface area contributed by atoms with Crippen LogP contribution < -0.4 is 5.73 Å². The molecule has 0 saturated carbocycles. The van der Waals surface area contributed by atoms with Crippen LogP contribution in [0.25, 0.3) is 0 Å². The van der Waals surface area contributed by atoms with E-state index < -0.39 is 0 Å². The summed E-state index contributed by atoms with van der Waals surface area (Å²) < 4.78 is 0. The van der Waals surface area contributed by atoms with Gasteiger partial charge >= 0.3 is 0 Å². The largest absolute Gasteiger partial charge is 0.329 e. The monoisotopic (exact) mass is 224 g/mol. The van der Waals surface area contributed by atoms with Crippen molar-refractivity contribution in [3.05, 3.63) is 11.1 Å². The van der Waals surface area contributed by atoms with Gasteiger partial charge in [0.25, 0.3) is 0 Å². The third kappa shape index (κ3) is 1.58. The van der Waals surface area contributed by atoms with E-state index >= 15 is 0 Å². The standard InChI is InChI=1S/C10H16N4S/c11-5-8-1-3-13(8)6-9-7-15-10-12-2-4-14(9)10/h7-8H,1-6,11H2. The third-order valence-electron chi connectivity index (χ3n) is 3.35. The zero-order valence-electron chi connectivity index (χ0n) is 8.72. The molecule has 0 amide bonds. The minimum absolute atomic E-state index is 0.611. The highest BCUT2D eigenvalue weighted by atomic mass is 32.2. The lowest BCUT2D eigenvalue weighted by atomic mass is 10.0. The van der Waals surface area contributed by atoms with Crippen LogP contribution in [0.15, 0.2) is 16.1 Å². The zero-order chi connectivity index (χ0) is 10.3. The molecule has 0 aliphatic carbocycles. The number of aliphatic imine (C=N–C) groups is 1. The lowest BCUT2D eigenvalue weighted by Crippen LogP contribution is -2.53.